The molecule has 0 unspecified atom stereocenters. The summed E-state index contributed by atoms with van der Waals surface area (Å²) in [4.78, 5) is 24.6. The first kappa shape index (κ1) is 20.9. The molecular weight excluding hydrogens is 378 g/mol. The molecule has 0 saturated carbocycles. The van der Waals surface area contributed by atoms with Gasteiger partial charge in [-0.15, -0.1) is 0 Å². The first-order valence-corrected chi connectivity index (χ1v) is 9.83. The van der Waals surface area contributed by atoms with Crippen LogP contribution in [0.1, 0.15) is 22.8 Å². The summed E-state index contributed by atoms with van der Waals surface area (Å²) in [5.74, 6) is 0.347. The van der Waals surface area contributed by atoms with Gasteiger partial charge in [0.2, 0.25) is 5.91 Å². The molecule has 3 aromatic carbocycles. The summed E-state index contributed by atoms with van der Waals surface area (Å²) >= 11 is 0. The SMILES string of the molecule is CCOc1cccc(NC(=O)CNc2cccc(C(=O)NCc3ccccc3)c2)c1. The number of rotatable bonds is 9. The van der Waals surface area contributed by atoms with Gasteiger partial charge in [0.1, 0.15) is 5.75 Å². The van der Waals surface area contributed by atoms with Gasteiger partial charge in [-0.1, -0.05) is 42.5 Å². The highest BCUT2D eigenvalue weighted by Crippen LogP contribution is 2.17. The van der Waals surface area contributed by atoms with Gasteiger partial charge >= 0.3 is 0 Å². The van der Waals surface area contributed by atoms with Gasteiger partial charge in [0.25, 0.3) is 5.91 Å². The minimum Gasteiger partial charge on any atom is -0.494 e. The molecule has 0 fully saturated rings. The summed E-state index contributed by atoms with van der Waals surface area (Å²) in [6, 6.07) is 24.0. The Bertz CT molecular complexity index is 990. The second-order valence-corrected chi connectivity index (χ2v) is 6.61. The van der Waals surface area contributed by atoms with Gasteiger partial charge in [-0.25, -0.2) is 0 Å². The monoisotopic (exact) mass is 403 g/mol. The van der Waals surface area contributed by atoms with E-state index in [-0.39, 0.29) is 18.4 Å². The van der Waals surface area contributed by atoms with Crippen molar-refractivity contribution in [2.45, 2.75) is 13.5 Å². The molecule has 0 atom stereocenters. The lowest BCUT2D eigenvalue weighted by Crippen LogP contribution is -2.23. The van der Waals surface area contributed by atoms with Crippen LogP contribution in [0.4, 0.5) is 11.4 Å². The Morgan fingerprint density at radius 1 is 0.867 bits per heavy atom. The Hall–Kier alpha value is -3.80. The van der Waals surface area contributed by atoms with E-state index in [1.54, 1.807) is 30.3 Å². The number of amides is 2. The van der Waals surface area contributed by atoms with Crippen LogP contribution in [-0.4, -0.2) is 25.0 Å². The Morgan fingerprint density at radius 3 is 2.43 bits per heavy atom. The maximum Gasteiger partial charge on any atom is 0.251 e. The Labute approximate surface area is 176 Å². The number of hydrogen-bond donors (Lipinski definition) is 3. The van der Waals surface area contributed by atoms with Crippen LogP contribution in [0.5, 0.6) is 5.75 Å². The van der Waals surface area contributed by atoms with E-state index in [1.165, 1.54) is 0 Å². The standard InChI is InChI=1S/C24H25N3O3/c1-2-30-22-13-7-12-21(15-22)27-23(28)17-25-20-11-6-10-19(14-20)24(29)26-16-18-8-4-3-5-9-18/h3-15,25H,2,16-17H2,1H3,(H,26,29)(H,27,28). The molecular formula is C24H25N3O3. The molecule has 6 nitrogen and oxygen atoms in total. The van der Waals surface area contributed by atoms with Gasteiger partial charge in [-0.3, -0.25) is 9.59 Å². The van der Waals surface area contributed by atoms with E-state index in [4.69, 9.17) is 4.74 Å². The van der Waals surface area contributed by atoms with Crippen LogP contribution in [0.15, 0.2) is 78.9 Å². The first-order valence-electron chi connectivity index (χ1n) is 9.83. The first-order chi connectivity index (χ1) is 14.6. The Morgan fingerprint density at radius 2 is 1.63 bits per heavy atom. The van der Waals surface area contributed by atoms with Gasteiger partial charge in [-0.2, -0.15) is 0 Å². The third kappa shape index (κ3) is 6.38. The fourth-order valence-corrected chi connectivity index (χ4v) is 2.87. The lowest BCUT2D eigenvalue weighted by molar-refractivity contribution is -0.114. The van der Waals surface area contributed by atoms with E-state index in [1.807, 2.05) is 55.5 Å². The number of benzene rings is 3. The molecule has 0 heterocycles. The molecule has 3 aromatic rings. The zero-order chi connectivity index (χ0) is 21.2. The molecule has 0 bridgehead atoms. The van der Waals surface area contributed by atoms with E-state index >= 15 is 0 Å². The van der Waals surface area contributed by atoms with Crippen LogP contribution >= 0.6 is 0 Å². The lowest BCUT2D eigenvalue weighted by Gasteiger charge is -2.11. The fraction of sp³-hybridized carbons (Fsp3) is 0.167. The quantitative estimate of drug-likeness (QED) is 0.503. The van der Waals surface area contributed by atoms with Gasteiger partial charge in [0, 0.05) is 29.5 Å². The summed E-state index contributed by atoms with van der Waals surface area (Å²) in [6.45, 7) is 3.01. The van der Waals surface area contributed by atoms with E-state index in [9.17, 15) is 9.59 Å². The molecule has 2 amide bonds. The second kappa shape index (κ2) is 10.7. The second-order valence-electron chi connectivity index (χ2n) is 6.61. The van der Waals surface area contributed by atoms with Crippen molar-refractivity contribution in [1.82, 2.24) is 5.32 Å². The van der Waals surface area contributed by atoms with Crippen molar-refractivity contribution in [3.8, 4) is 5.75 Å². The van der Waals surface area contributed by atoms with Crippen molar-refractivity contribution < 1.29 is 14.3 Å². The molecule has 0 spiro atoms. The van der Waals surface area contributed by atoms with Gasteiger partial charge < -0.3 is 20.7 Å². The molecule has 0 radical (unpaired) electrons. The molecule has 3 N–H and O–H groups in total. The number of nitrogens with one attached hydrogen (secondary N) is 3. The maximum absolute atomic E-state index is 12.4. The molecule has 0 aromatic heterocycles. The van der Waals surface area contributed by atoms with Crippen molar-refractivity contribution in [1.29, 1.82) is 0 Å². The van der Waals surface area contributed by atoms with Crippen molar-refractivity contribution in [3.05, 3.63) is 90.0 Å². The number of carbonyl (C=O) groups is 2. The predicted octanol–water partition coefficient (Wildman–Crippen LogP) is 4.07. The Balaban J connectivity index is 1.51. The Kier molecular flexibility index (Phi) is 7.44. The highest BCUT2D eigenvalue weighted by Gasteiger charge is 2.08. The normalized spacial score (nSPS) is 10.2. The van der Waals surface area contributed by atoms with Gasteiger partial charge in [-0.05, 0) is 42.8 Å². The summed E-state index contributed by atoms with van der Waals surface area (Å²) in [7, 11) is 0. The fourth-order valence-electron chi connectivity index (χ4n) is 2.87. The zero-order valence-corrected chi connectivity index (χ0v) is 16.9. The van der Waals surface area contributed by atoms with E-state index < -0.39 is 0 Å². The average Bonchev–Trinajstić information content (AvgIpc) is 2.77. The number of carbonyl (C=O) groups excluding carboxylic acids is 2. The molecule has 3 rings (SSSR count). The molecule has 0 saturated heterocycles. The van der Waals surface area contributed by atoms with Crippen LogP contribution in [-0.2, 0) is 11.3 Å². The molecule has 0 aliphatic heterocycles. The lowest BCUT2D eigenvalue weighted by atomic mass is 10.1. The molecule has 6 heteroatoms. The van der Waals surface area contributed by atoms with Crippen molar-refractivity contribution in [3.63, 3.8) is 0 Å². The average molecular weight is 403 g/mol. The third-order valence-electron chi connectivity index (χ3n) is 4.30. The topological polar surface area (TPSA) is 79.5 Å². The molecule has 0 aliphatic carbocycles. The number of anilines is 2. The van der Waals surface area contributed by atoms with Gasteiger partial charge in [0.05, 0.1) is 13.2 Å². The highest BCUT2D eigenvalue weighted by atomic mass is 16.5. The smallest absolute Gasteiger partial charge is 0.251 e. The molecule has 154 valence electrons. The zero-order valence-electron chi connectivity index (χ0n) is 16.9. The predicted molar refractivity (Wildman–Crippen MR) is 119 cm³/mol. The van der Waals surface area contributed by atoms with Crippen LogP contribution < -0.4 is 20.7 Å². The van der Waals surface area contributed by atoms with E-state index in [0.717, 1.165) is 5.56 Å². The van der Waals surface area contributed by atoms with Gasteiger partial charge in [0.15, 0.2) is 0 Å². The number of hydrogen-bond acceptors (Lipinski definition) is 4. The van der Waals surface area contributed by atoms with Crippen LogP contribution in [0.25, 0.3) is 0 Å². The summed E-state index contributed by atoms with van der Waals surface area (Å²) in [6.07, 6.45) is 0. The number of ether oxygens (including phenoxy) is 1. The van der Waals surface area contributed by atoms with Crippen molar-refractivity contribution in [2.24, 2.45) is 0 Å². The summed E-state index contributed by atoms with van der Waals surface area (Å²) in [5, 5.41) is 8.77. The minimum atomic E-state index is -0.192. The molecule has 0 aliphatic rings. The maximum atomic E-state index is 12.4. The third-order valence-corrected chi connectivity index (χ3v) is 4.30. The van der Waals surface area contributed by atoms with Crippen LogP contribution in [0, 0.1) is 0 Å². The van der Waals surface area contributed by atoms with Crippen molar-refractivity contribution in [2.75, 3.05) is 23.8 Å². The van der Waals surface area contributed by atoms with E-state index in [2.05, 4.69) is 16.0 Å². The summed E-state index contributed by atoms with van der Waals surface area (Å²) < 4.78 is 5.44. The molecule has 30 heavy (non-hydrogen) atoms. The van der Waals surface area contributed by atoms with E-state index in [0.29, 0.717) is 35.8 Å². The minimum absolute atomic E-state index is 0.0773. The van der Waals surface area contributed by atoms with Crippen molar-refractivity contribution >= 4 is 23.2 Å². The van der Waals surface area contributed by atoms with Crippen LogP contribution in [0.2, 0.25) is 0 Å². The largest absolute Gasteiger partial charge is 0.494 e. The van der Waals surface area contributed by atoms with Crippen LogP contribution in [0.3, 0.4) is 0 Å². The summed E-state index contributed by atoms with van der Waals surface area (Å²) in [5.41, 5.74) is 2.92. The highest BCUT2D eigenvalue weighted by molar-refractivity contribution is 5.96.